The maximum Gasteiger partial charge on any atom is 0.165 e. The molecule has 0 aliphatic carbocycles. The molecule has 3 aromatic carbocycles. The third-order valence-electron chi connectivity index (χ3n) is 4.99. The highest BCUT2D eigenvalue weighted by Gasteiger charge is 2.15. The summed E-state index contributed by atoms with van der Waals surface area (Å²) in [5.41, 5.74) is 3.21. The van der Waals surface area contributed by atoms with Crippen molar-refractivity contribution < 1.29 is 14.2 Å². The van der Waals surface area contributed by atoms with Gasteiger partial charge in [0.1, 0.15) is 22.9 Å². The van der Waals surface area contributed by atoms with E-state index in [4.69, 9.17) is 19.2 Å². The third kappa shape index (κ3) is 8.13. The summed E-state index contributed by atoms with van der Waals surface area (Å²) in [5.74, 6) is 3.41. The maximum atomic E-state index is 5.82. The van der Waals surface area contributed by atoms with Crippen LogP contribution in [0.15, 0.2) is 77.8 Å². The highest BCUT2D eigenvalue weighted by molar-refractivity contribution is 14.0. The first-order chi connectivity index (χ1) is 16.2. The van der Waals surface area contributed by atoms with Gasteiger partial charge in [0, 0.05) is 13.1 Å². The molecule has 0 aliphatic heterocycles. The van der Waals surface area contributed by atoms with E-state index in [0.717, 1.165) is 46.9 Å². The molecule has 0 fully saturated rings. The van der Waals surface area contributed by atoms with E-state index in [-0.39, 0.29) is 24.0 Å². The molecule has 0 aromatic heterocycles. The van der Waals surface area contributed by atoms with Gasteiger partial charge >= 0.3 is 0 Å². The first-order valence-electron chi connectivity index (χ1n) is 11.1. The summed E-state index contributed by atoms with van der Waals surface area (Å²) in [5, 5.41) is 0.955. The van der Waals surface area contributed by atoms with Crippen molar-refractivity contribution in [3.05, 3.63) is 83.9 Å². The molecule has 0 aliphatic rings. The standard InChI is InChI=1S/C27H32N2O3S.HI/c1-5-32-26-10-8-7-9-25(26)28-27(33-6-2)29(19-21-11-15-23(30-3)16-12-21)20-22-13-17-24(31-4)18-14-22;/h7-18H,5-6,19-20H2,1-4H3;1H. The number of rotatable bonds is 10. The van der Waals surface area contributed by atoms with Gasteiger partial charge in [-0.15, -0.1) is 24.0 Å². The number of aliphatic imine (C=N–C) groups is 1. The predicted octanol–water partition coefficient (Wildman–Crippen LogP) is 7.16. The lowest BCUT2D eigenvalue weighted by molar-refractivity contribution is 0.341. The molecule has 0 heterocycles. The molecule has 7 heteroatoms. The third-order valence-corrected chi connectivity index (χ3v) is 5.89. The number of benzene rings is 3. The molecule has 0 amide bonds. The monoisotopic (exact) mass is 592 g/mol. The Kier molecular flexibility index (Phi) is 12.1. The summed E-state index contributed by atoms with van der Waals surface area (Å²) in [4.78, 5) is 7.36. The Hall–Kier alpha value is -2.39. The molecule has 0 radical (unpaired) electrons. The summed E-state index contributed by atoms with van der Waals surface area (Å²) >= 11 is 1.73. The minimum Gasteiger partial charge on any atom is -0.497 e. The molecule has 182 valence electrons. The van der Waals surface area contributed by atoms with Gasteiger partial charge in [-0.05, 0) is 60.2 Å². The molecule has 3 aromatic rings. The normalized spacial score (nSPS) is 10.9. The molecule has 0 bridgehead atoms. The van der Waals surface area contributed by atoms with E-state index in [1.807, 2.05) is 55.5 Å². The van der Waals surface area contributed by atoms with Crippen LogP contribution in [0.25, 0.3) is 0 Å². The van der Waals surface area contributed by atoms with Crippen LogP contribution >= 0.6 is 35.7 Å². The molecule has 0 unspecified atom stereocenters. The lowest BCUT2D eigenvalue weighted by Crippen LogP contribution is -2.28. The SMILES string of the molecule is CCOc1ccccc1N=C(SCC)N(Cc1ccc(OC)cc1)Cc1ccc(OC)cc1.I. The van der Waals surface area contributed by atoms with Crippen LogP contribution in [-0.4, -0.2) is 36.6 Å². The zero-order valence-electron chi connectivity index (χ0n) is 20.2. The van der Waals surface area contributed by atoms with E-state index < -0.39 is 0 Å². The topological polar surface area (TPSA) is 43.3 Å². The Bertz CT molecular complexity index is 977. The van der Waals surface area contributed by atoms with Gasteiger partial charge in [-0.1, -0.05) is 55.1 Å². The van der Waals surface area contributed by atoms with Crippen LogP contribution in [0.1, 0.15) is 25.0 Å². The van der Waals surface area contributed by atoms with Gasteiger partial charge in [-0.25, -0.2) is 4.99 Å². The summed E-state index contributed by atoms with van der Waals surface area (Å²) in [7, 11) is 3.37. The second-order valence-corrected chi connectivity index (χ2v) is 8.51. The highest BCUT2D eigenvalue weighted by Crippen LogP contribution is 2.30. The van der Waals surface area contributed by atoms with Crippen LogP contribution < -0.4 is 14.2 Å². The van der Waals surface area contributed by atoms with Crippen LogP contribution in [0.2, 0.25) is 0 Å². The summed E-state index contributed by atoms with van der Waals surface area (Å²) in [6.45, 7) is 6.18. The number of hydrogen-bond acceptors (Lipinski definition) is 5. The quantitative estimate of drug-likeness (QED) is 0.142. The van der Waals surface area contributed by atoms with Crippen LogP contribution in [0, 0.1) is 0 Å². The van der Waals surface area contributed by atoms with Crippen molar-refractivity contribution in [1.29, 1.82) is 0 Å². The van der Waals surface area contributed by atoms with Gasteiger partial charge in [0.15, 0.2) is 5.17 Å². The number of para-hydroxylation sites is 2. The van der Waals surface area contributed by atoms with E-state index in [0.29, 0.717) is 6.61 Å². The first-order valence-corrected chi connectivity index (χ1v) is 12.1. The Morgan fingerprint density at radius 1 is 0.794 bits per heavy atom. The molecule has 0 saturated carbocycles. The molecule has 0 spiro atoms. The number of hydrogen-bond donors (Lipinski definition) is 0. The van der Waals surface area contributed by atoms with E-state index in [2.05, 4.69) is 36.1 Å². The van der Waals surface area contributed by atoms with Crippen molar-refractivity contribution in [2.24, 2.45) is 4.99 Å². The van der Waals surface area contributed by atoms with Gasteiger partial charge in [0.25, 0.3) is 0 Å². The fourth-order valence-electron chi connectivity index (χ4n) is 3.35. The van der Waals surface area contributed by atoms with Crippen molar-refractivity contribution in [3.8, 4) is 17.2 Å². The smallest absolute Gasteiger partial charge is 0.165 e. The summed E-state index contributed by atoms with van der Waals surface area (Å²) in [6.07, 6.45) is 0. The Labute approximate surface area is 224 Å². The molecule has 34 heavy (non-hydrogen) atoms. The van der Waals surface area contributed by atoms with Gasteiger partial charge < -0.3 is 19.1 Å². The van der Waals surface area contributed by atoms with Gasteiger partial charge in [-0.3, -0.25) is 0 Å². The van der Waals surface area contributed by atoms with E-state index in [9.17, 15) is 0 Å². The summed E-state index contributed by atoms with van der Waals surface area (Å²) in [6, 6.07) is 24.3. The largest absolute Gasteiger partial charge is 0.497 e. The lowest BCUT2D eigenvalue weighted by Gasteiger charge is -2.26. The summed E-state index contributed by atoms with van der Waals surface area (Å²) < 4.78 is 16.5. The van der Waals surface area contributed by atoms with E-state index in [1.54, 1.807) is 26.0 Å². The number of thioether (sulfide) groups is 1. The van der Waals surface area contributed by atoms with Crippen molar-refractivity contribution in [3.63, 3.8) is 0 Å². The zero-order valence-corrected chi connectivity index (χ0v) is 23.3. The predicted molar refractivity (Wildman–Crippen MR) is 153 cm³/mol. The fraction of sp³-hybridized carbons (Fsp3) is 0.296. The molecule has 0 atom stereocenters. The van der Waals surface area contributed by atoms with Gasteiger partial charge in [-0.2, -0.15) is 0 Å². The minimum atomic E-state index is 0. The number of methoxy groups -OCH3 is 2. The maximum absolute atomic E-state index is 5.82. The Balaban J connectivity index is 0.00000408. The molecule has 3 rings (SSSR count). The molecular weight excluding hydrogens is 559 g/mol. The van der Waals surface area contributed by atoms with Crippen LogP contribution in [0.4, 0.5) is 5.69 Å². The Morgan fingerprint density at radius 2 is 1.32 bits per heavy atom. The van der Waals surface area contributed by atoms with Crippen molar-refractivity contribution in [1.82, 2.24) is 4.90 Å². The highest BCUT2D eigenvalue weighted by atomic mass is 127. The Morgan fingerprint density at radius 3 is 1.79 bits per heavy atom. The molecule has 5 nitrogen and oxygen atoms in total. The van der Waals surface area contributed by atoms with Crippen molar-refractivity contribution >= 4 is 46.6 Å². The number of halogens is 1. The molecular formula is C27H33IN2O3S. The van der Waals surface area contributed by atoms with Crippen molar-refractivity contribution in [2.75, 3.05) is 26.6 Å². The van der Waals surface area contributed by atoms with E-state index >= 15 is 0 Å². The van der Waals surface area contributed by atoms with Gasteiger partial charge in [0.05, 0.1) is 20.8 Å². The fourth-order valence-corrected chi connectivity index (χ4v) is 4.08. The first kappa shape index (κ1) is 27.9. The van der Waals surface area contributed by atoms with Crippen LogP contribution in [0.3, 0.4) is 0 Å². The van der Waals surface area contributed by atoms with E-state index in [1.165, 1.54) is 11.1 Å². The molecule has 0 saturated heterocycles. The number of nitrogens with zero attached hydrogens (tertiary/aromatic N) is 2. The van der Waals surface area contributed by atoms with Crippen molar-refractivity contribution in [2.45, 2.75) is 26.9 Å². The second-order valence-electron chi connectivity index (χ2n) is 7.28. The number of ether oxygens (including phenoxy) is 3. The second kappa shape index (κ2) is 14.8. The number of amidine groups is 1. The van der Waals surface area contributed by atoms with Crippen LogP contribution in [-0.2, 0) is 13.1 Å². The minimum absolute atomic E-state index is 0. The van der Waals surface area contributed by atoms with Gasteiger partial charge in [0.2, 0.25) is 0 Å². The average Bonchev–Trinajstić information content (AvgIpc) is 2.85. The van der Waals surface area contributed by atoms with Crippen LogP contribution in [0.5, 0.6) is 17.2 Å². The average molecular weight is 593 g/mol. The molecule has 0 N–H and O–H groups in total. The zero-order chi connectivity index (χ0) is 23.5. The lowest BCUT2D eigenvalue weighted by atomic mass is 10.1.